The zero-order valence-electron chi connectivity index (χ0n) is 73.5. The molecule has 0 aliphatic carbocycles. The Bertz CT molecular complexity index is 6060. The van der Waals surface area contributed by atoms with Crippen LogP contribution >= 0.6 is 22.7 Å². The third-order valence-corrected chi connectivity index (χ3v) is 19.3. The van der Waals surface area contributed by atoms with E-state index in [0.29, 0.717) is 50.1 Å². The van der Waals surface area contributed by atoms with Crippen LogP contribution in [0.15, 0.2) is 263 Å². The first-order valence-electron chi connectivity index (χ1n) is 40.6. The van der Waals surface area contributed by atoms with Gasteiger partial charge in [-0.15, -0.1) is 22.7 Å². The zero-order valence-corrected chi connectivity index (χ0v) is 57.1. The summed E-state index contributed by atoms with van der Waals surface area (Å²) in [7, 11) is 0. The van der Waals surface area contributed by atoms with Crippen LogP contribution in [0, 0.1) is 13.8 Å². The molecule has 0 atom stereocenters. The van der Waals surface area contributed by atoms with Crippen LogP contribution in [0.2, 0.25) is 0 Å². The van der Waals surface area contributed by atoms with Gasteiger partial charge in [-0.05, 0) is 115 Å². The minimum atomic E-state index is -0.398. The second-order valence-corrected chi connectivity index (χ2v) is 30.0. The van der Waals surface area contributed by atoms with Gasteiger partial charge in [0.05, 0.1) is 24.7 Å². The van der Waals surface area contributed by atoms with Crippen molar-refractivity contribution in [3.05, 3.63) is 288 Å². The molecule has 0 aliphatic heterocycles. The summed E-state index contributed by atoms with van der Waals surface area (Å²) in [6.07, 6.45) is 0. The van der Waals surface area contributed by atoms with Crippen molar-refractivity contribution in [3.8, 4) is 44.5 Å². The van der Waals surface area contributed by atoms with Gasteiger partial charge in [0, 0.05) is 73.0 Å². The Morgan fingerprint density at radius 1 is 0.298 bits per heavy atom. The molecule has 4 aromatic heterocycles. The predicted molar refractivity (Wildman–Crippen MR) is 412 cm³/mol. The van der Waals surface area contributed by atoms with Gasteiger partial charge in [-0.25, -0.2) is 0 Å². The Morgan fingerprint density at radius 2 is 0.702 bits per heavy atom. The Kier molecular flexibility index (Phi) is 12.1. The predicted octanol–water partition coefficient (Wildman–Crippen LogP) is 27.8. The van der Waals surface area contributed by atoms with E-state index in [-0.39, 0.29) is 136 Å². The van der Waals surface area contributed by atoms with E-state index in [2.05, 4.69) is 132 Å². The Morgan fingerprint density at radius 3 is 1.29 bits per heavy atom. The molecule has 12 aromatic carbocycles. The molecule has 468 valence electrons. The lowest BCUT2D eigenvalue weighted by molar-refractivity contribution is 0.573. The molecular formula is C90H84O2S2. The summed E-state index contributed by atoms with van der Waals surface area (Å²) >= 11 is 3.35. The van der Waals surface area contributed by atoms with Gasteiger partial charge in [-0.1, -0.05) is 324 Å². The van der Waals surface area contributed by atoms with Crippen molar-refractivity contribution in [2.45, 2.75) is 119 Å². The fourth-order valence-corrected chi connectivity index (χ4v) is 15.2. The standard InChI is InChI=1S/C23H22O.C23H22S.C22H20O.C22H20S/c2*1-15-8-5-9-16(14-15)17-10-6-12-19-21(17)22-18(23(2,3)4)11-7-13-20(22)24-19;2*1-22(2,3)19-14-8-13-18-17-12-7-11-16(20(17)23-21(18)19)15-9-5-4-6-10-15/h2*5-14H,1-4H3;2*4-14H,1-3H3/i2*5D,8D,9D,14D;2*4D,5D,6D,9D,10D. The van der Waals surface area contributed by atoms with Crippen LogP contribution in [0.1, 0.15) is 141 Å². The first-order chi connectivity index (χ1) is 52.5. The maximum absolute atomic E-state index is 8.60. The molecule has 2 nitrogen and oxygen atoms in total. The Labute approximate surface area is 588 Å². The van der Waals surface area contributed by atoms with E-state index in [1.165, 1.54) is 25.9 Å². The van der Waals surface area contributed by atoms with Crippen LogP contribution in [0.3, 0.4) is 0 Å². The minimum absolute atomic E-state index is 0.0166. The summed E-state index contributed by atoms with van der Waals surface area (Å²) in [6, 6.07) is 44.6. The minimum Gasteiger partial charge on any atom is -0.456 e. The summed E-state index contributed by atoms with van der Waals surface area (Å²) in [5.74, 6) is 0. The molecule has 0 spiro atoms. The second kappa shape index (κ2) is 25.2. The van der Waals surface area contributed by atoms with Gasteiger partial charge in [0.15, 0.2) is 0 Å². The van der Waals surface area contributed by atoms with Crippen molar-refractivity contribution in [3.63, 3.8) is 0 Å². The first-order valence-corrected chi connectivity index (χ1v) is 33.2. The average Bonchev–Trinajstić information content (AvgIpc) is 1.58. The van der Waals surface area contributed by atoms with Crippen molar-refractivity contribution in [2.24, 2.45) is 0 Å². The van der Waals surface area contributed by atoms with Gasteiger partial charge in [0.25, 0.3) is 0 Å². The van der Waals surface area contributed by atoms with Gasteiger partial charge < -0.3 is 8.83 Å². The molecule has 94 heavy (non-hydrogen) atoms. The Hall–Kier alpha value is -9.32. The summed E-state index contributed by atoms with van der Waals surface area (Å²) in [6.45, 7) is 29.3. The first kappa shape index (κ1) is 45.1. The number of rotatable bonds is 4. The number of furan rings is 2. The van der Waals surface area contributed by atoms with Crippen LogP contribution in [-0.2, 0) is 21.7 Å². The third kappa shape index (κ3) is 12.4. The monoisotopic (exact) mass is 1280 g/mol. The summed E-state index contributed by atoms with van der Waals surface area (Å²) in [5.41, 5.74) is 12.0. The van der Waals surface area contributed by atoms with Crippen molar-refractivity contribution in [1.82, 2.24) is 0 Å². The molecular weight excluding hydrogens is 1180 g/mol. The maximum atomic E-state index is 8.60. The van der Waals surface area contributed by atoms with Crippen molar-refractivity contribution in [1.29, 1.82) is 0 Å². The maximum Gasteiger partial charge on any atom is 0.143 e. The van der Waals surface area contributed by atoms with E-state index in [1.54, 1.807) is 42.6 Å². The fourth-order valence-electron chi connectivity index (χ4n) is 12.5. The number of thiophene rings is 2. The molecule has 4 heteroatoms. The van der Waals surface area contributed by atoms with Crippen molar-refractivity contribution in [2.75, 3.05) is 0 Å². The molecule has 0 bridgehead atoms. The molecule has 4 heterocycles. The highest BCUT2D eigenvalue weighted by Gasteiger charge is 2.26. The van der Waals surface area contributed by atoms with E-state index in [1.807, 2.05) is 91.0 Å². The SMILES string of the molecule is [2H]c1c([2H])c(C)c([2H])c(-c2cccc3oc4cccc(C(C)(C)C)c4c23)c1[2H].[2H]c1c([2H])c(C)c([2H])c(-c2cccc3sc4cccc(C(C)(C)C)c4c23)c1[2H].[2H]c1c([2H])c([2H])c(-c2cccc3c2oc2c(C(C)(C)C)cccc23)c([2H])c1[2H].[2H]c1c([2H])c([2H])c(-c2cccc3c2sc2c(C(C)(C)C)cccc23)c([2H])c1[2H]. The molecule has 0 aliphatic rings. The number of benzene rings is 12. The molecule has 0 N–H and O–H groups in total. The Balaban J connectivity index is 0.000000131. The average molecular weight is 1280 g/mol. The fraction of sp³-hybridized carbons (Fsp3) is 0.200. The van der Waals surface area contributed by atoms with E-state index < -0.39 is 6.04 Å². The number of para-hydroxylation sites is 2. The summed E-state index contributed by atoms with van der Waals surface area (Å²) in [5, 5.41) is 8.08. The van der Waals surface area contributed by atoms with Gasteiger partial charge in [-0.2, -0.15) is 0 Å². The second-order valence-electron chi connectivity index (χ2n) is 27.9. The van der Waals surface area contributed by atoms with Crippen LogP contribution in [0.5, 0.6) is 0 Å². The molecule has 16 aromatic rings. The molecule has 0 amide bonds. The van der Waals surface area contributed by atoms with Crippen LogP contribution in [-0.4, -0.2) is 0 Å². The lowest BCUT2D eigenvalue weighted by Crippen LogP contribution is -2.11. The quantitative estimate of drug-likeness (QED) is 0.176. The molecule has 0 unspecified atom stereocenters. The lowest BCUT2D eigenvalue weighted by atomic mass is 9.83. The van der Waals surface area contributed by atoms with Crippen LogP contribution in [0.4, 0.5) is 0 Å². The molecule has 16 rings (SSSR count). The van der Waals surface area contributed by atoms with Gasteiger partial charge in [-0.3, -0.25) is 0 Å². The number of hydrogen-bond acceptors (Lipinski definition) is 4. The van der Waals surface area contributed by atoms with Gasteiger partial charge >= 0.3 is 0 Å². The molecule has 0 radical (unpaired) electrons. The van der Waals surface area contributed by atoms with Crippen molar-refractivity contribution < 1.29 is 33.5 Å². The van der Waals surface area contributed by atoms with E-state index in [9.17, 15) is 0 Å². The van der Waals surface area contributed by atoms with Crippen LogP contribution in [0.25, 0.3) is 129 Å². The number of fused-ring (bicyclic) bond motifs is 12. The van der Waals surface area contributed by atoms with Gasteiger partial charge in [0.1, 0.15) is 22.3 Å². The smallest absolute Gasteiger partial charge is 0.143 e. The molecule has 0 saturated heterocycles. The normalized spacial score (nSPS) is 14.8. The largest absolute Gasteiger partial charge is 0.456 e. The molecule has 0 saturated carbocycles. The van der Waals surface area contributed by atoms with E-state index >= 15 is 0 Å². The lowest BCUT2D eigenvalue weighted by Gasteiger charge is -2.21. The highest BCUT2D eigenvalue weighted by Crippen LogP contribution is 2.47. The van der Waals surface area contributed by atoms with Crippen molar-refractivity contribution >= 4 is 107 Å². The van der Waals surface area contributed by atoms with E-state index in [0.717, 1.165) is 75.0 Å². The third-order valence-electron chi connectivity index (χ3n) is 16.9. The number of hydrogen-bond donors (Lipinski definition) is 0. The molecule has 0 fully saturated rings. The highest BCUT2D eigenvalue weighted by atomic mass is 32.1. The topological polar surface area (TPSA) is 26.3 Å². The van der Waals surface area contributed by atoms with E-state index in [4.69, 9.17) is 33.5 Å². The summed E-state index contributed by atoms with van der Waals surface area (Å²) < 4.78 is 164. The van der Waals surface area contributed by atoms with Gasteiger partial charge in [0.2, 0.25) is 0 Å². The zero-order chi connectivity index (χ0) is 81.5. The summed E-state index contributed by atoms with van der Waals surface area (Å²) in [4.78, 5) is 0. The highest BCUT2D eigenvalue weighted by molar-refractivity contribution is 7.26. The van der Waals surface area contributed by atoms with Crippen LogP contribution < -0.4 is 0 Å².